The van der Waals surface area contributed by atoms with Gasteiger partial charge < -0.3 is 15.0 Å². The number of alkyl halides is 1. The summed E-state index contributed by atoms with van der Waals surface area (Å²) < 4.78 is 15.9. The van der Waals surface area contributed by atoms with Crippen LogP contribution >= 0.6 is 0 Å². The van der Waals surface area contributed by atoms with Crippen LogP contribution in [0.1, 0.15) is 52.1 Å². The van der Waals surface area contributed by atoms with Gasteiger partial charge in [0, 0.05) is 35.5 Å². The molecule has 0 saturated carbocycles. The number of hydrogen-bond acceptors (Lipinski definition) is 6. The molecule has 3 aromatic rings. The molecule has 1 saturated heterocycles. The molecule has 33 heavy (non-hydrogen) atoms. The number of rotatable bonds is 7. The molecule has 2 aromatic heterocycles. The number of nitrogens with one attached hydrogen (secondary N) is 1. The van der Waals surface area contributed by atoms with Crippen LogP contribution in [0.4, 0.5) is 4.39 Å². The second-order valence-corrected chi connectivity index (χ2v) is 9.84. The van der Waals surface area contributed by atoms with Gasteiger partial charge in [-0.1, -0.05) is 6.58 Å². The highest BCUT2D eigenvalue weighted by atomic mass is 19.1. The molecule has 0 radical (unpaired) electrons. The Labute approximate surface area is 193 Å². The lowest BCUT2D eigenvalue weighted by Crippen LogP contribution is -2.57. The minimum Gasteiger partial charge on any atom is -0.507 e. The van der Waals surface area contributed by atoms with E-state index >= 15 is 0 Å². The van der Waals surface area contributed by atoms with E-state index in [0.29, 0.717) is 29.1 Å². The van der Waals surface area contributed by atoms with E-state index in [9.17, 15) is 9.50 Å². The number of phenols is 1. The van der Waals surface area contributed by atoms with E-state index in [4.69, 9.17) is 0 Å². The second-order valence-electron chi connectivity index (χ2n) is 9.84. The van der Waals surface area contributed by atoms with Crippen molar-refractivity contribution in [1.82, 2.24) is 30.0 Å². The molecule has 8 heteroatoms. The summed E-state index contributed by atoms with van der Waals surface area (Å²) in [5.41, 5.74) is 2.17. The molecule has 4 rings (SSSR count). The normalized spacial score (nSPS) is 21.0. The maximum Gasteiger partial charge on any atom is 0.185 e. The second kappa shape index (κ2) is 9.02. The standard InChI is InChI=1S/C25H31FN6O/c1-17(18(14-26)13-25(4)9-5-8-24(2,3)31-25)21-15-28-23(30-29-21)20-7-6-19(12-22(20)33)32-11-10-27-16-32/h6-7,10-12,15-16,18,31,33H,1,5,8-9,13-14H2,2-4H3/t18?,25-/m1/s1. The molecule has 1 aliphatic rings. The maximum absolute atomic E-state index is 14.1. The van der Waals surface area contributed by atoms with Crippen LogP contribution in [-0.4, -0.2) is 47.6 Å². The minimum absolute atomic E-state index is 0.0353. The van der Waals surface area contributed by atoms with E-state index in [1.807, 2.05) is 6.07 Å². The highest BCUT2D eigenvalue weighted by Gasteiger charge is 2.37. The van der Waals surface area contributed by atoms with Crippen molar-refractivity contribution in [3.05, 3.63) is 55.4 Å². The average molecular weight is 451 g/mol. The third-order valence-electron chi connectivity index (χ3n) is 6.46. The van der Waals surface area contributed by atoms with E-state index in [2.05, 4.69) is 52.8 Å². The van der Waals surface area contributed by atoms with E-state index < -0.39 is 6.67 Å². The van der Waals surface area contributed by atoms with Crippen molar-refractivity contribution in [2.24, 2.45) is 5.92 Å². The predicted octanol–water partition coefficient (Wildman–Crippen LogP) is 4.73. The van der Waals surface area contributed by atoms with Crippen LogP contribution in [0.15, 0.2) is 49.7 Å². The summed E-state index contributed by atoms with van der Waals surface area (Å²) >= 11 is 0. The largest absolute Gasteiger partial charge is 0.507 e. The lowest BCUT2D eigenvalue weighted by Gasteiger charge is -2.46. The summed E-state index contributed by atoms with van der Waals surface area (Å²) in [6, 6.07) is 5.19. The van der Waals surface area contributed by atoms with Crippen LogP contribution in [0, 0.1) is 5.92 Å². The molecule has 1 unspecified atom stereocenters. The summed E-state index contributed by atoms with van der Waals surface area (Å²) in [5.74, 6) is -0.0444. The van der Waals surface area contributed by atoms with Crippen LogP contribution in [-0.2, 0) is 0 Å². The maximum atomic E-state index is 14.1. The number of halogens is 1. The van der Waals surface area contributed by atoms with Crippen molar-refractivity contribution < 1.29 is 9.50 Å². The minimum atomic E-state index is -0.517. The lowest BCUT2D eigenvalue weighted by atomic mass is 9.75. The number of benzene rings is 1. The SMILES string of the molecule is C=C(c1cnc(-c2ccc(-n3ccnc3)cc2O)nn1)C(CF)C[C@@]1(C)CCCC(C)(C)N1. The van der Waals surface area contributed by atoms with Gasteiger partial charge in [0.05, 0.1) is 30.4 Å². The quantitative estimate of drug-likeness (QED) is 0.541. The van der Waals surface area contributed by atoms with Crippen LogP contribution in [0.3, 0.4) is 0 Å². The lowest BCUT2D eigenvalue weighted by molar-refractivity contribution is 0.142. The zero-order valence-corrected chi connectivity index (χ0v) is 19.4. The van der Waals surface area contributed by atoms with Gasteiger partial charge in [0.2, 0.25) is 0 Å². The highest BCUT2D eigenvalue weighted by Crippen LogP contribution is 2.36. The molecule has 174 valence electrons. The molecule has 3 heterocycles. The molecule has 0 amide bonds. The summed E-state index contributed by atoms with van der Waals surface area (Å²) in [5, 5.41) is 22.6. The van der Waals surface area contributed by atoms with Crippen molar-refractivity contribution in [2.75, 3.05) is 6.67 Å². The van der Waals surface area contributed by atoms with E-state index in [-0.39, 0.29) is 22.7 Å². The number of nitrogens with zero attached hydrogens (tertiary/aromatic N) is 5. The van der Waals surface area contributed by atoms with Crippen molar-refractivity contribution in [3.63, 3.8) is 0 Å². The number of piperidine rings is 1. The first kappa shape index (κ1) is 23.0. The molecule has 2 atom stereocenters. The van der Waals surface area contributed by atoms with E-state index in [1.54, 1.807) is 41.6 Å². The fraction of sp³-hybridized carbons (Fsp3) is 0.440. The summed E-state index contributed by atoms with van der Waals surface area (Å²) in [7, 11) is 0. The van der Waals surface area contributed by atoms with Gasteiger partial charge in [-0.2, -0.15) is 0 Å². The van der Waals surface area contributed by atoms with Crippen LogP contribution in [0.2, 0.25) is 0 Å². The van der Waals surface area contributed by atoms with Crippen molar-refractivity contribution in [2.45, 2.75) is 57.5 Å². The Bertz CT molecular complexity index is 1110. The molecule has 2 N–H and O–H groups in total. The van der Waals surface area contributed by atoms with Gasteiger partial charge >= 0.3 is 0 Å². The Balaban J connectivity index is 1.49. The Morgan fingerprint density at radius 3 is 2.70 bits per heavy atom. The molecule has 0 spiro atoms. The third kappa shape index (κ3) is 5.11. The number of imidazole rings is 1. The number of phenolic OH excluding ortho intramolecular Hbond substituents is 1. The first-order valence-electron chi connectivity index (χ1n) is 11.3. The third-order valence-corrected chi connectivity index (χ3v) is 6.46. The molecular weight excluding hydrogens is 419 g/mol. The van der Waals surface area contributed by atoms with Crippen LogP contribution in [0.5, 0.6) is 5.75 Å². The summed E-state index contributed by atoms with van der Waals surface area (Å²) in [4.78, 5) is 8.39. The van der Waals surface area contributed by atoms with Gasteiger partial charge in [-0.15, -0.1) is 10.2 Å². The van der Waals surface area contributed by atoms with Gasteiger partial charge in [-0.3, -0.25) is 4.39 Å². The fourth-order valence-corrected chi connectivity index (χ4v) is 4.87. The molecule has 7 nitrogen and oxygen atoms in total. The zero-order chi connectivity index (χ0) is 23.6. The first-order chi connectivity index (χ1) is 15.7. The Hall–Kier alpha value is -3.13. The van der Waals surface area contributed by atoms with E-state index in [0.717, 1.165) is 24.9 Å². The summed E-state index contributed by atoms with van der Waals surface area (Å²) in [6.07, 6.45) is 10.5. The number of aromatic nitrogens is 5. The topological polar surface area (TPSA) is 88.8 Å². The molecule has 1 fully saturated rings. The molecular formula is C25H31FN6O. The highest BCUT2D eigenvalue weighted by molar-refractivity contribution is 5.67. The summed E-state index contributed by atoms with van der Waals surface area (Å²) in [6.45, 7) is 10.1. The molecule has 0 aliphatic carbocycles. The predicted molar refractivity (Wildman–Crippen MR) is 127 cm³/mol. The Morgan fingerprint density at radius 1 is 1.27 bits per heavy atom. The van der Waals surface area contributed by atoms with Gasteiger partial charge in [0.1, 0.15) is 11.4 Å². The van der Waals surface area contributed by atoms with Gasteiger partial charge in [-0.05, 0) is 64.2 Å². The number of hydrogen-bond donors (Lipinski definition) is 2. The first-order valence-corrected chi connectivity index (χ1v) is 11.3. The smallest absolute Gasteiger partial charge is 0.185 e. The zero-order valence-electron chi connectivity index (χ0n) is 19.4. The number of aromatic hydroxyl groups is 1. The van der Waals surface area contributed by atoms with E-state index in [1.165, 1.54) is 0 Å². The number of allylic oxidation sites excluding steroid dienone is 1. The Kier molecular flexibility index (Phi) is 6.30. The van der Waals surface area contributed by atoms with Crippen LogP contribution in [0.25, 0.3) is 22.6 Å². The molecule has 1 aliphatic heterocycles. The van der Waals surface area contributed by atoms with Gasteiger partial charge in [0.25, 0.3) is 0 Å². The van der Waals surface area contributed by atoms with Gasteiger partial charge in [-0.25, -0.2) is 9.97 Å². The monoisotopic (exact) mass is 450 g/mol. The fourth-order valence-electron chi connectivity index (χ4n) is 4.87. The molecule has 1 aromatic carbocycles. The Morgan fingerprint density at radius 2 is 2.09 bits per heavy atom. The van der Waals surface area contributed by atoms with Crippen molar-refractivity contribution >= 4 is 5.57 Å². The van der Waals surface area contributed by atoms with Crippen molar-refractivity contribution in [1.29, 1.82) is 0 Å². The molecule has 0 bridgehead atoms. The average Bonchev–Trinajstić information content (AvgIpc) is 3.31. The van der Waals surface area contributed by atoms with Crippen molar-refractivity contribution in [3.8, 4) is 22.8 Å². The van der Waals surface area contributed by atoms with Gasteiger partial charge in [0.15, 0.2) is 5.82 Å². The van der Waals surface area contributed by atoms with Crippen LogP contribution < -0.4 is 5.32 Å².